The van der Waals surface area contributed by atoms with Crippen molar-refractivity contribution < 1.29 is 14.5 Å². The van der Waals surface area contributed by atoms with Crippen molar-refractivity contribution in [1.29, 1.82) is 0 Å². The third kappa shape index (κ3) is 2.79. The number of aromatic nitrogens is 2. The molecule has 7 nitrogen and oxygen atoms in total. The second-order valence-corrected chi connectivity index (χ2v) is 5.62. The Kier molecular flexibility index (Phi) is 3.46. The van der Waals surface area contributed by atoms with Gasteiger partial charge < -0.3 is 9.14 Å². The second-order valence-electron chi connectivity index (χ2n) is 4.77. The monoisotopic (exact) mass is 329 g/mol. The Balaban J connectivity index is 1.67. The van der Waals surface area contributed by atoms with Gasteiger partial charge in [0.15, 0.2) is 5.65 Å². The number of rotatable bonds is 4. The van der Waals surface area contributed by atoms with Crippen LogP contribution in [0.1, 0.15) is 12.1 Å². The molecule has 0 bridgehead atoms. The van der Waals surface area contributed by atoms with Crippen LogP contribution in [0.25, 0.3) is 5.65 Å². The van der Waals surface area contributed by atoms with E-state index >= 15 is 0 Å². The van der Waals surface area contributed by atoms with Crippen LogP contribution in [0.3, 0.4) is 0 Å². The quantitative estimate of drug-likeness (QED) is 0.488. The summed E-state index contributed by atoms with van der Waals surface area (Å²) in [6, 6.07) is 0.749. The molecule has 0 aromatic carbocycles. The van der Waals surface area contributed by atoms with Crippen LogP contribution in [-0.2, 0) is 16.1 Å². The zero-order chi connectivity index (χ0) is 15.1. The van der Waals surface area contributed by atoms with Crippen LogP contribution in [0, 0.1) is 16.0 Å². The average Bonchev–Trinajstić information content (AvgIpc) is 3.11. The van der Waals surface area contributed by atoms with Crippen LogP contribution < -0.4 is 0 Å². The molecule has 0 spiro atoms. The van der Waals surface area contributed by atoms with Crippen LogP contribution in [-0.4, -0.2) is 26.3 Å². The number of nitro groups is 1. The fraction of sp³-hybridized carbons (Fsp3) is 0.333. The number of ether oxygens (including phenoxy) is 1. The van der Waals surface area contributed by atoms with E-state index in [4.69, 9.17) is 27.9 Å². The van der Waals surface area contributed by atoms with Crippen molar-refractivity contribution in [1.82, 2.24) is 9.38 Å². The maximum absolute atomic E-state index is 11.6. The second kappa shape index (κ2) is 5.16. The Morgan fingerprint density at radius 3 is 2.95 bits per heavy atom. The molecule has 21 heavy (non-hydrogen) atoms. The van der Waals surface area contributed by atoms with Gasteiger partial charge in [0.2, 0.25) is 6.04 Å². The van der Waals surface area contributed by atoms with Crippen molar-refractivity contribution >= 4 is 34.8 Å². The molecular formula is C12H9Cl2N3O4. The molecule has 1 saturated carbocycles. The maximum atomic E-state index is 11.6. The smallest absolute Gasteiger partial charge is 0.316 e. The maximum Gasteiger partial charge on any atom is 0.316 e. The van der Waals surface area contributed by atoms with Crippen molar-refractivity contribution in [3.63, 3.8) is 0 Å². The first-order chi connectivity index (χ1) is 9.95. The number of carbonyl (C=O) groups excluding carboxylic acids is 1. The highest BCUT2D eigenvalue weighted by Crippen LogP contribution is 2.34. The molecule has 2 unspecified atom stereocenters. The van der Waals surface area contributed by atoms with Gasteiger partial charge in [0.05, 0.1) is 15.7 Å². The molecule has 2 heterocycles. The molecule has 1 fully saturated rings. The number of fused-ring (bicyclic) bond motifs is 1. The molecule has 2 aromatic heterocycles. The fourth-order valence-electron chi connectivity index (χ4n) is 2.06. The van der Waals surface area contributed by atoms with Crippen molar-refractivity contribution in [3.05, 3.63) is 44.3 Å². The Labute approximate surface area is 128 Å². The molecule has 0 amide bonds. The van der Waals surface area contributed by atoms with Crippen molar-refractivity contribution in [2.45, 2.75) is 19.1 Å². The fourth-order valence-corrected chi connectivity index (χ4v) is 2.59. The molecule has 3 rings (SSSR count). The van der Waals surface area contributed by atoms with Crippen LogP contribution in [0.4, 0.5) is 0 Å². The van der Waals surface area contributed by atoms with E-state index in [0.29, 0.717) is 21.4 Å². The lowest BCUT2D eigenvalue weighted by atomic mass is 10.4. The summed E-state index contributed by atoms with van der Waals surface area (Å²) < 4.78 is 6.67. The van der Waals surface area contributed by atoms with E-state index in [1.165, 1.54) is 0 Å². The zero-order valence-electron chi connectivity index (χ0n) is 10.5. The number of halogens is 2. The average molecular weight is 330 g/mol. The third-order valence-corrected chi connectivity index (χ3v) is 3.70. The Morgan fingerprint density at radius 1 is 1.52 bits per heavy atom. The standard InChI is InChI=1S/C12H9Cl2N3O4/c13-6-1-9(14)11-15-7(4-16(11)3-6)5-21-12(18)8-2-10(8)17(19)20/h1,3-4,8,10H,2,5H2. The molecule has 1 aliphatic carbocycles. The van der Waals surface area contributed by atoms with Gasteiger partial charge in [-0.05, 0) is 6.07 Å². The van der Waals surface area contributed by atoms with Gasteiger partial charge in [0.25, 0.3) is 0 Å². The van der Waals surface area contributed by atoms with E-state index in [9.17, 15) is 14.9 Å². The summed E-state index contributed by atoms with van der Waals surface area (Å²) >= 11 is 11.9. The minimum atomic E-state index is -0.813. The van der Waals surface area contributed by atoms with Gasteiger partial charge in [0.1, 0.15) is 12.5 Å². The lowest BCUT2D eigenvalue weighted by Gasteiger charge is -1.99. The number of pyridine rings is 1. The summed E-state index contributed by atoms with van der Waals surface area (Å²) in [5.41, 5.74) is 0.993. The first-order valence-electron chi connectivity index (χ1n) is 6.08. The molecule has 0 radical (unpaired) electrons. The van der Waals surface area contributed by atoms with Crippen LogP contribution >= 0.6 is 23.2 Å². The predicted molar refractivity (Wildman–Crippen MR) is 73.9 cm³/mol. The van der Waals surface area contributed by atoms with Gasteiger partial charge in [-0.1, -0.05) is 23.2 Å². The molecular weight excluding hydrogens is 321 g/mol. The number of esters is 1. The number of nitrogens with zero attached hydrogens (tertiary/aromatic N) is 3. The third-order valence-electron chi connectivity index (χ3n) is 3.22. The highest BCUT2D eigenvalue weighted by molar-refractivity contribution is 6.36. The Bertz CT molecular complexity index is 745. The molecule has 9 heteroatoms. The highest BCUT2D eigenvalue weighted by Gasteiger charge is 2.54. The van der Waals surface area contributed by atoms with E-state index in [1.54, 1.807) is 22.9 Å². The molecule has 1 aliphatic rings. The van der Waals surface area contributed by atoms with Gasteiger partial charge in [0, 0.05) is 23.7 Å². The van der Waals surface area contributed by atoms with Crippen molar-refractivity contribution in [2.24, 2.45) is 5.92 Å². The summed E-state index contributed by atoms with van der Waals surface area (Å²) in [6.45, 7) is -0.0601. The molecule has 0 N–H and O–H groups in total. The van der Waals surface area contributed by atoms with Crippen molar-refractivity contribution in [2.75, 3.05) is 0 Å². The van der Waals surface area contributed by atoms with E-state index in [0.717, 1.165) is 0 Å². The molecule has 2 atom stereocenters. The minimum absolute atomic E-state index is 0.0601. The van der Waals surface area contributed by atoms with Crippen molar-refractivity contribution in [3.8, 4) is 0 Å². The summed E-state index contributed by atoms with van der Waals surface area (Å²) in [5.74, 6) is -1.21. The summed E-state index contributed by atoms with van der Waals surface area (Å²) in [7, 11) is 0. The zero-order valence-corrected chi connectivity index (χ0v) is 12.0. The van der Waals surface area contributed by atoms with E-state index in [2.05, 4.69) is 4.98 Å². The lowest BCUT2D eigenvalue weighted by molar-refractivity contribution is -0.497. The first-order valence-corrected chi connectivity index (χ1v) is 6.84. The van der Waals surface area contributed by atoms with Gasteiger partial charge in [-0.2, -0.15) is 0 Å². The number of hydrogen-bond acceptors (Lipinski definition) is 5. The Morgan fingerprint density at radius 2 is 2.29 bits per heavy atom. The topological polar surface area (TPSA) is 86.7 Å². The highest BCUT2D eigenvalue weighted by atomic mass is 35.5. The number of hydrogen-bond donors (Lipinski definition) is 0. The van der Waals surface area contributed by atoms with Crippen LogP contribution in [0.5, 0.6) is 0 Å². The largest absolute Gasteiger partial charge is 0.459 e. The normalized spacial score (nSPS) is 20.5. The summed E-state index contributed by atoms with van der Waals surface area (Å²) in [5, 5.41) is 11.3. The van der Waals surface area contributed by atoms with E-state index in [-0.39, 0.29) is 13.0 Å². The van der Waals surface area contributed by atoms with E-state index < -0.39 is 22.9 Å². The SMILES string of the molecule is O=C(OCc1cn2cc(Cl)cc(Cl)c2n1)C1CC1[N+](=O)[O-]. The Hall–Kier alpha value is -1.86. The number of imidazole rings is 1. The summed E-state index contributed by atoms with van der Waals surface area (Å²) in [6.07, 6.45) is 3.50. The summed E-state index contributed by atoms with van der Waals surface area (Å²) in [4.78, 5) is 25.9. The molecule has 110 valence electrons. The number of carbonyl (C=O) groups is 1. The predicted octanol–water partition coefficient (Wildman–Crippen LogP) is 2.35. The molecule has 0 saturated heterocycles. The van der Waals surface area contributed by atoms with Gasteiger partial charge >= 0.3 is 5.97 Å². The molecule has 2 aromatic rings. The minimum Gasteiger partial charge on any atom is -0.459 e. The van der Waals surface area contributed by atoms with Crippen LogP contribution in [0.15, 0.2) is 18.5 Å². The lowest BCUT2D eigenvalue weighted by Crippen LogP contribution is -2.13. The van der Waals surface area contributed by atoms with Gasteiger partial charge in [-0.3, -0.25) is 14.9 Å². The van der Waals surface area contributed by atoms with Gasteiger partial charge in [-0.15, -0.1) is 0 Å². The first kappa shape index (κ1) is 14.1. The molecule has 0 aliphatic heterocycles. The van der Waals surface area contributed by atoms with Gasteiger partial charge in [-0.25, -0.2) is 4.98 Å². The van der Waals surface area contributed by atoms with E-state index in [1.807, 2.05) is 0 Å². The van der Waals surface area contributed by atoms with Crippen LogP contribution in [0.2, 0.25) is 10.0 Å².